The molecule has 0 atom stereocenters. The standard InChI is InChI=1S/C14H14N4/c1-2-7-18-14-13(10-17-18)8-12(9-16-14)11-3-5-15-6-4-11/h3-6,8-10H,2,7H2,1H3. The summed E-state index contributed by atoms with van der Waals surface area (Å²) in [6.07, 6.45) is 8.42. The lowest BCUT2D eigenvalue weighted by atomic mass is 10.1. The summed E-state index contributed by atoms with van der Waals surface area (Å²) in [5, 5.41) is 5.44. The lowest BCUT2D eigenvalue weighted by molar-refractivity contribution is 0.617. The summed E-state index contributed by atoms with van der Waals surface area (Å²) in [6.45, 7) is 3.05. The van der Waals surface area contributed by atoms with Gasteiger partial charge < -0.3 is 0 Å². The molecule has 0 spiro atoms. The molecule has 0 aliphatic rings. The van der Waals surface area contributed by atoms with Gasteiger partial charge in [0, 0.05) is 36.1 Å². The molecular weight excluding hydrogens is 224 g/mol. The van der Waals surface area contributed by atoms with E-state index >= 15 is 0 Å². The van der Waals surface area contributed by atoms with E-state index in [9.17, 15) is 0 Å². The Bertz CT molecular complexity index is 658. The van der Waals surface area contributed by atoms with Gasteiger partial charge in [-0.2, -0.15) is 5.10 Å². The highest BCUT2D eigenvalue weighted by Crippen LogP contribution is 2.21. The van der Waals surface area contributed by atoms with Gasteiger partial charge in [-0.15, -0.1) is 0 Å². The fraction of sp³-hybridized carbons (Fsp3) is 0.214. The van der Waals surface area contributed by atoms with Crippen molar-refractivity contribution in [1.82, 2.24) is 19.7 Å². The number of nitrogens with zero attached hydrogens (tertiary/aromatic N) is 4. The fourth-order valence-corrected chi connectivity index (χ4v) is 2.05. The lowest BCUT2D eigenvalue weighted by Crippen LogP contribution is -1.99. The first-order valence-corrected chi connectivity index (χ1v) is 6.10. The van der Waals surface area contributed by atoms with Crippen molar-refractivity contribution in [1.29, 1.82) is 0 Å². The summed E-state index contributed by atoms with van der Waals surface area (Å²) in [5.41, 5.74) is 3.18. The van der Waals surface area contributed by atoms with Crippen molar-refractivity contribution in [3.05, 3.63) is 43.0 Å². The van der Waals surface area contributed by atoms with E-state index < -0.39 is 0 Å². The highest BCUT2D eigenvalue weighted by atomic mass is 15.3. The molecule has 18 heavy (non-hydrogen) atoms. The third-order valence-electron chi connectivity index (χ3n) is 2.92. The summed E-state index contributed by atoms with van der Waals surface area (Å²) in [6, 6.07) is 6.09. The number of rotatable bonds is 3. The summed E-state index contributed by atoms with van der Waals surface area (Å²) in [4.78, 5) is 8.54. The lowest BCUT2D eigenvalue weighted by Gasteiger charge is -2.02. The van der Waals surface area contributed by atoms with Crippen molar-refractivity contribution in [3.63, 3.8) is 0 Å². The van der Waals surface area contributed by atoms with Gasteiger partial charge in [-0.25, -0.2) is 9.67 Å². The van der Waals surface area contributed by atoms with Gasteiger partial charge in [-0.1, -0.05) is 6.92 Å². The molecule has 0 saturated carbocycles. The predicted octanol–water partition coefficient (Wildman–Crippen LogP) is 2.90. The average molecular weight is 238 g/mol. The first-order chi connectivity index (χ1) is 8.88. The predicted molar refractivity (Wildman–Crippen MR) is 71.1 cm³/mol. The van der Waals surface area contributed by atoms with Crippen molar-refractivity contribution in [2.75, 3.05) is 0 Å². The molecule has 0 unspecified atom stereocenters. The van der Waals surface area contributed by atoms with Crippen LogP contribution in [0.3, 0.4) is 0 Å². The first kappa shape index (κ1) is 10.9. The van der Waals surface area contributed by atoms with Crippen molar-refractivity contribution >= 4 is 11.0 Å². The van der Waals surface area contributed by atoms with Gasteiger partial charge in [-0.3, -0.25) is 4.98 Å². The van der Waals surface area contributed by atoms with E-state index in [2.05, 4.69) is 28.1 Å². The summed E-state index contributed by atoms with van der Waals surface area (Å²) in [7, 11) is 0. The smallest absolute Gasteiger partial charge is 0.157 e. The average Bonchev–Trinajstić information content (AvgIpc) is 2.83. The van der Waals surface area contributed by atoms with Gasteiger partial charge in [0.25, 0.3) is 0 Å². The maximum atomic E-state index is 4.52. The molecule has 0 N–H and O–H groups in total. The van der Waals surface area contributed by atoms with E-state index in [-0.39, 0.29) is 0 Å². The van der Waals surface area contributed by atoms with Crippen molar-refractivity contribution in [2.24, 2.45) is 0 Å². The molecule has 0 bridgehead atoms. The zero-order chi connectivity index (χ0) is 12.4. The summed E-state index contributed by atoms with van der Waals surface area (Å²) in [5.74, 6) is 0. The van der Waals surface area contributed by atoms with Crippen LogP contribution in [-0.2, 0) is 6.54 Å². The van der Waals surface area contributed by atoms with Crippen LogP contribution in [0.2, 0.25) is 0 Å². The Morgan fingerprint density at radius 2 is 1.94 bits per heavy atom. The second-order valence-electron chi connectivity index (χ2n) is 4.24. The number of hydrogen-bond donors (Lipinski definition) is 0. The molecule has 0 aliphatic heterocycles. The number of pyridine rings is 2. The Balaban J connectivity index is 2.07. The Kier molecular flexibility index (Phi) is 2.76. The zero-order valence-electron chi connectivity index (χ0n) is 10.2. The number of hydrogen-bond acceptors (Lipinski definition) is 3. The molecule has 0 saturated heterocycles. The van der Waals surface area contributed by atoms with E-state index in [1.54, 1.807) is 12.4 Å². The van der Waals surface area contributed by atoms with Gasteiger partial charge in [0.15, 0.2) is 5.65 Å². The minimum absolute atomic E-state index is 0.908. The van der Waals surface area contributed by atoms with Crippen LogP contribution in [-0.4, -0.2) is 19.7 Å². The molecule has 4 heteroatoms. The number of aryl methyl sites for hydroxylation is 1. The van der Waals surface area contributed by atoms with Crippen molar-refractivity contribution in [2.45, 2.75) is 19.9 Å². The Morgan fingerprint density at radius 1 is 1.11 bits per heavy atom. The van der Waals surface area contributed by atoms with E-state index in [1.165, 1.54) is 0 Å². The maximum absolute atomic E-state index is 4.52. The van der Waals surface area contributed by atoms with Crippen molar-refractivity contribution < 1.29 is 0 Å². The number of fused-ring (bicyclic) bond motifs is 1. The Hall–Kier alpha value is -2.23. The van der Waals surface area contributed by atoms with Crippen molar-refractivity contribution in [3.8, 4) is 11.1 Å². The van der Waals surface area contributed by atoms with Gasteiger partial charge in [-0.05, 0) is 30.2 Å². The van der Waals surface area contributed by atoms with E-state index in [0.29, 0.717) is 0 Å². The molecule has 0 aromatic carbocycles. The highest BCUT2D eigenvalue weighted by molar-refractivity contribution is 5.80. The Morgan fingerprint density at radius 3 is 2.72 bits per heavy atom. The van der Waals surface area contributed by atoms with Crippen LogP contribution in [0.4, 0.5) is 0 Å². The van der Waals surface area contributed by atoms with Crippen LogP contribution in [0.25, 0.3) is 22.2 Å². The second-order valence-corrected chi connectivity index (χ2v) is 4.24. The van der Waals surface area contributed by atoms with Gasteiger partial charge >= 0.3 is 0 Å². The second kappa shape index (κ2) is 4.56. The SMILES string of the molecule is CCCn1ncc2cc(-c3ccncc3)cnc21. The van der Waals surface area contributed by atoms with Crippen LogP contribution in [0.5, 0.6) is 0 Å². The quantitative estimate of drug-likeness (QED) is 0.704. The maximum Gasteiger partial charge on any atom is 0.157 e. The van der Waals surface area contributed by atoms with Crippen LogP contribution in [0, 0.1) is 0 Å². The molecule has 3 heterocycles. The van der Waals surface area contributed by atoms with E-state index in [1.807, 2.05) is 29.2 Å². The molecule has 3 aromatic rings. The van der Waals surface area contributed by atoms with E-state index in [0.717, 1.165) is 35.1 Å². The van der Waals surface area contributed by atoms with E-state index in [4.69, 9.17) is 0 Å². The fourth-order valence-electron chi connectivity index (χ4n) is 2.05. The van der Waals surface area contributed by atoms with Crippen LogP contribution >= 0.6 is 0 Å². The topological polar surface area (TPSA) is 43.6 Å². The number of aromatic nitrogens is 4. The molecule has 3 aromatic heterocycles. The molecular formula is C14H14N4. The van der Waals surface area contributed by atoms with Gasteiger partial charge in [0.2, 0.25) is 0 Å². The molecule has 0 amide bonds. The highest BCUT2D eigenvalue weighted by Gasteiger charge is 2.05. The normalized spacial score (nSPS) is 10.9. The minimum Gasteiger partial charge on any atom is -0.265 e. The van der Waals surface area contributed by atoms with Crippen LogP contribution < -0.4 is 0 Å². The van der Waals surface area contributed by atoms with Gasteiger partial charge in [0.1, 0.15) is 0 Å². The monoisotopic (exact) mass is 238 g/mol. The summed E-state index contributed by atoms with van der Waals surface area (Å²) < 4.78 is 1.95. The minimum atomic E-state index is 0.908. The molecule has 0 radical (unpaired) electrons. The first-order valence-electron chi connectivity index (χ1n) is 6.10. The molecule has 4 nitrogen and oxygen atoms in total. The Labute approximate surface area is 105 Å². The molecule has 3 rings (SSSR count). The third-order valence-corrected chi connectivity index (χ3v) is 2.92. The largest absolute Gasteiger partial charge is 0.265 e. The molecule has 90 valence electrons. The molecule has 0 aliphatic carbocycles. The zero-order valence-corrected chi connectivity index (χ0v) is 10.2. The third kappa shape index (κ3) is 1.86. The van der Waals surface area contributed by atoms with Crippen LogP contribution in [0.15, 0.2) is 43.0 Å². The summed E-state index contributed by atoms with van der Waals surface area (Å²) >= 11 is 0. The van der Waals surface area contributed by atoms with Crippen LogP contribution in [0.1, 0.15) is 13.3 Å². The van der Waals surface area contributed by atoms with Gasteiger partial charge in [0.05, 0.1) is 6.20 Å². The molecule has 0 fully saturated rings.